The Hall–Kier alpha value is -1.66. The molecule has 2 aromatic rings. The van der Waals surface area contributed by atoms with Gasteiger partial charge in [0.05, 0.1) is 5.69 Å². The van der Waals surface area contributed by atoms with Crippen molar-refractivity contribution >= 4 is 27.7 Å². The summed E-state index contributed by atoms with van der Waals surface area (Å²) in [5.74, 6) is 2.21. The molecule has 1 heterocycles. The summed E-state index contributed by atoms with van der Waals surface area (Å²) in [6.07, 6.45) is 2.47. The van der Waals surface area contributed by atoms with Gasteiger partial charge in [0, 0.05) is 36.1 Å². The number of rotatable bonds is 8. The minimum Gasteiger partial charge on any atom is -0.366 e. The molecule has 0 saturated heterocycles. The van der Waals surface area contributed by atoms with Gasteiger partial charge in [0.1, 0.15) is 5.82 Å². The third-order valence-corrected chi connectivity index (χ3v) is 4.78. The van der Waals surface area contributed by atoms with E-state index < -0.39 is 0 Å². The Morgan fingerprint density at radius 2 is 1.96 bits per heavy atom. The fraction of sp³-hybridized carbons (Fsp3) is 0.444. The zero-order chi connectivity index (χ0) is 16.9. The van der Waals surface area contributed by atoms with Crippen molar-refractivity contribution in [1.82, 2.24) is 14.9 Å². The Morgan fingerprint density at radius 1 is 1.17 bits per heavy atom. The van der Waals surface area contributed by atoms with Crippen molar-refractivity contribution in [2.45, 2.75) is 25.3 Å². The number of hydrogen-bond acceptors (Lipinski definition) is 5. The van der Waals surface area contributed by atoms with E-state index in [1.165, 1.54) is 18.4 Å². The summed E-state index contributed by atoms with van der Waals surface area (Å²) in [6.45, 7) is 2.53. The van der Waals surface area contributed by atoms with Crippen LogP contribution in [0, 0.1) is 0 Å². The highest BCUT2D eigenvalue weighted by molar-refractivity contribution is 9.10. The van der Waals surface area contributed by atoms with Crippen LogP contribution in [0.15, 0.2) is 34.8 Å². The number of likely N-dealkylation sites (N-methyl/N-ethyl adjacent to an activating group) is 1. The summed E-state index contributed by atoms with van der Waals surface area (Å²) in [5.41, 5.74) is 2.36. The van der Waals surface area contributed by atoms with Crippen LogP contribution in [0.1, 0.15) is 30.0 Å². The van der Waals surface area contributed by atoms with Crippen LogP contribution >= 0.6 is 15.9 Å². The summed E-state index contributed by atoms with van der Waals surface area (Å²) >= 11 is 3.59. The monoisotopic (exact) mass is 389 g/mol. The molecular formula is C18H24BrN5. The van der Waals surface area contributed by atoms with Gasteiger partial charge in [0.2, 0.25) is 5.95 Å². The van der Waals surface area contributed by atoms with Crippen LogP contribution in [0.5, 0.6) is 0 Å². The largest absolute Gasteiger partial charge is 0.366 e. The van der Waals surface area contributed by atoms with Gasteiger partial charge in [-0.2, -0.15) is 4.98 Å². The normalized spacial score (nSPS) is 14.0. The number of halogens is 1. The second-order valence-electron chi connectivity index (χ2n) is 6.45. The summed E-state index contributed by atoms with van der Waals surface area (Å²) in [5, 5.41) is 6.77. The van der Waals surface area contributed by atoms with Crippen molar-refractivity contribution in [2.75, 3.05) is 37.8 Å². The summed E-state index contributed by atoms with van der Waals surface area (Å²) < 4.78 is 1.11. The predicted molar refractivity (Wildman–Crippen MR) is 103 cm³/mol. The summed E-state index contributed by atoms with van der Waals surface area (Å²) in [7, 11) is 4.13. The van der Waals surface area contributed by atoms with E-state index in [0.717, 1.165) is 41.6 Å². The molecule has 128 valence electrons. The quantitative estimate of drug-likeness (QED) is 0.720. The molecule has 0 atom stereocenters. The molecule has 3 rings (SSSR count). The highest BCUT2D eigenvalue weighted by Crippen LogP contribution is 2.39. The van der Waals surface area contributed by atoms with Crippen molar-refractivity contribution in [3.8, 4) is 0 Å². The lowest BCUT2D eigenvalue weighted by Gasteiger charge is -2.13. The Bertz CT molecular complexity index is 685. The van der Waals surface area contributed by atoms with Gasteiger partial charge in [-0.3, -0.25) is 0 Å². The van der Waals surface area contributed by atoms with Gasteiger partial charge < -0.3 is 15.5 Å². The van der Waals surface area contributed by atoms with Crippen molar-refractivity contribution in [3.05, 3.63) is 46.1 Å². The van der Waals surface area contributed by atoms with Gasteiger partial charge in [0.25, 0.3) is 0 Å². The van der Waals surface area contributed by atoms with Crippen LogP contribution in [0.25, 0.3) is 0 Å². The third kappa shape index (κ3) is 4.92. The van der Waals surface area contributed by atoms with Crippen LogP contribution in [0.4, 0.5) is 11.8 Å². The van der Waals surface area contributed by atoms with Crippen molar-refractivity contribution < 1.29 is 0 Å². The zero-order valence-corrected chi connectivity index (χ0v) is 15.8. The molecule has 0 aliphatic heterocycles. The van der Waals surface area contributed by atoms with Crippen LogP contribution in [0.3, 0.4) is 0 Å². The summed E-state index contributed by atoms with van der Waals surface area (Å²) in [4.78, 5) is 11.4. The molecule has 6 heteroatoms. The Morgan fingerprint density at radius 3 is 2.67 bits per heavy atom. The van der Waals surface area contributed by atoms with E-state index in [0.29, 0.717) is 5.92 Å². The maximum atomic E-state index is 4.67. The first-order valence-corrected chi connectivity index (χ1v) is 9.16. The van der Waals surface area contributed by atoms with Crippen LogP contribution in [-0.4, -0.2) is 42.1 Å². The first-order chi connectivity index (χ1) is 11.6. The molecule has 5 nitrogen and oxygen atoms in total. The molecule has 1 fully saturated rings. The molecule has 0 amide bonds. The van der Waals surface area contributed by atoms with E-state index in [1.54, 1.807) is 0 Å². The number of benzene rings is 1. The van der Waals surface area contributed by atoms with Crippen LogP contribution < -0.4 is 10.6 Å². The smallest absolute Gasteiger partial charge is 0.224 e. The second kappa shape index (κ2) is 7.94. The molecule has 24 heavy (non-hydrogen) atoms. The zero-order valence-electron chi connectivity index (χ0n) is 14.2. The molecule has 0 radical (unpaired) electrons. The van der Waals surface area contributed by atoms with E-state index in [2.05, 4.69) is 73.7 Å². The first kappa shape index (κ1) is 17.2. The van der Waals surface area contributed by atoms with Gasteiger partial charge >= 0.3 is 0 Å². The Kier molecular flexibility index (Phi) is 5.68. The summed E-state index contributed by atoms with van der Waals surface area (Å²) in [6, 6.07) is 10.3. The van der Waals surface area contributed by atoms with Gasteiger partial charge in [-0.25, -0.2) is 4.98 Å². The highest BCUT2D eigenvalue weighted by atomic mass is 79.9. The topological polar surface area (TPSA) is 53.1 Å². The SMILES string of the molecule is CN(C)CCNc1nc(NCc2ccccc2Br)cc(C2CC2)n1. The molecular weight excluding hydrogens is 366 g/mol. The predicted octanol–water partition coefficient (Wildman–Crippen LogP) is 3.70. The number of nitrogens with one attached hydrogen (secondary N) is 2. The van der Waals surface area contributed by atoms with E-state index >= 15 is 0 Å². The van der Waals surface area contributed by atoms with Gasteiger partial charge in [-0.15, -0.1) is 0 Å². The van der Waals surface area contributed by atoms with Crippen molar-refractivity contribution in [1.29, 1.82) is 0 Å². The molecule has 2 N–H and O–H groups in total. The lowest BCUT2D eigenvalue weighted by atomic mass is 10.2. The van der Waals surface area contributed by atoms with Crippen molar-refractivity contribution in [3.63, 3.8) is 0 Å². The molecule has 0 unspecified atom stereocenters. The second-order valence-corrected chi connectivity index (χ2v) is 7.31. The minimum atomic E-state index is 0.603. The lowest BCUT2D eigenvalue weighted by molar-refractivity contribution is 0.425. The van der Waals surface area contributed by atoms with E-state index in [1.807, 2.05) is 12.1 Å². The average molecular weight is 390 g/mol. The molecule has 0 bridgehead atoms. The van der Waals surface area contributed by atoms with E-state index in [4.69, 9.17) is 0 Å². The molecule has 1 aliphatic rings. The number of hydrogen-bond donors (Lipinski definition) is 2. The molecule has 1 saturated carbocycles. The van der Waals surface area contributed by atoms with E-state index in [9.17, 15) is 0 Å². The van der Waals surface area contributed by atoms with E-state index in [-0.39, 0.29) is 0 Å². The molecule has 1 aromatic heterocycles. The Balaban J connectivity index is 1.69. The molecule has 0 spiro atoms. The van der Waals surface area contributed by atoms with Crippen molar-refractivity contribution in [2.24, 2.45) is 0 Å². The standard InChI is InChI=1S/C18H24BrN5/c1-24(2)10-9-20-18-22-16(13-7-8-13)11-17(23-18)21-12-14-5-3-4-6-15(14)19/h3-6,11,13H,7-10,12H2,1-2H3,(H2,20,21,22,23). The van der Waals surface area contributed by atoms with Gasteiger partial charge in [0.15, 0.2) is 0 Å². The Labute approximate surface area is 152 Å². The molecule has 1 aliphatic carbocycles. The van der Waals surface area contributed by atoms with Gasteiger partial charge in [-0.05, 0) is 38.6 Å². The third-order valence-electron chi connectivity index (χ3n) is 4.00. The number of nitrogens with zero attached hydrogens (tertiary/aromatic N) is 3. The van der Waals surface area contributed by atoms with Crippen LogP contribution in [0.2, 0.25) is 0 Å². The number of aromatic nitrogens is 2. The number of anilines is 2. The maximum absolute atomic E-state index is 4.67. The maximum Gasteiger partial charge on any atom is 0.224 e. The highest BCUT2D eigenvalue weighted by Gasteiger charge is 2.26. The lowest BCUT2D eigenvalue weighted by Crippen LogP contribution is -2.21. The van der Waals surface area contributed by atoms with Crippen LogP contribution in [-0.2, 0) is 6.54 Å². The fourth-order valence-corrected chi connectivity index (χ4v) is 2.87. The van der Waals surface area contributed by atoms with Gasteiger partial charge in [-0.1, -0.05) is 34.1 Å². The average Bonchev–Trinajstić information content (AvgIpc) is 3.38. The first-order valence-electron chi connectivity index (χ1n) is 8.36. The minimum absolute atomic E-state index is 0.603. The molecule has 1 aromatic carbocycles. The fourth-order valence-electron chi connectivity index (χ4n) is 2.44.